The van der Waals surface area contributed by atoms with Crippen molar-refractivity contribution >= 4 is 0 Å². The first-order valence-electron chi connectivity index (χ1n) is 7.54. The average Bonchev–Trinajstić information content (AvgIpc) is 2.47. The van der Waals surface area contributed by atoms with E-state index in [9.17, 15) is 0 Å². The molecule has 0 aliphatic heterocycles. The Hall–Kier alpha value is -1.60. The molecule has 1 heteroatoms. The lowest BCUT2D eigenvalue weighted by molar-refractivity contribution is 0.591. The molecule has 2 rings (SSSR count). The van der Waals surface area contributed by atoms with Gasteiger partial charge in [-0.3, -0.25) is 0 Å². The zero-order chi connectivity index (χ0) is 14.4. The van der Waals surface area contributed by atoms with E-state index in [2.05, 4.69) is 67.7 Å². The lowest BCUT2D eigenvalue weighted by Crippen LogP contribution is -2.19. The third-order valence-corrected chi connectivity index (χ3v) is 3.80. The highest BCUT2D eigenvalue weighted by Gasteiger charge is 2.10. The van der Waals surface area contributed by atoms with Crippen molar-refractivity contribution < 1.29 is 0 Å². The highest BCUT2D eigenvalue weighted by molar-refractivity contribution is 5.29. The molecule has 0 amide bonds. The largest absolute Gasteiger partial charge is 0.313 e. The molecule has 20 heavy (non-hydrogen) atoms. The van der Waals surface area contributed by atoms with Crippen molar-refractivity contribution in [3.8, 4) is 0 Å². The Morgan fingerprint density at radius 3 is 2.40 bits per heavy atom. The van der Waals surface area contributed by atoms with Gasteiger partial charge in [0.25, 0.3) is 0 Å². The first-order chi connectivity index (χ1) is 9.72. The first kappa shape index (κ1) is 14.8. The molecule has 0 heterocycles. The summed E-state index contributed by atoms with van der Waals surface area (Å²) in [4.78, 5) is 0. The summed E-state index contributed by atoms with van der Waals surface area (Å²) in [6.45, 7) is 4.36. The summed E-state index contributed by atoms with van der Waals surface area (Å²) in [7, 11) is 2.05. The van der Waals surface area contributed by atoms with Gasteiger partial charge in [0.2, 0.25) is 0 Å². The number of nitrogens with one attached hydrogen (secondary N) is 1. The van der Waals surface area contributed by atoms with Crippen molar-refractivity contribution in [2.24, 2.45) is 0 Å². The first-order valence-corrected chi connectivity index (χ1v) is 7.54. The quantitative estimate of drug-likeness (QED) is 0.815. The highest BCUT2D eigenvalue weighted by atomic mass is 14.9. The van der Waals surface area contributed by atoms with E-state index < -0.39 is 0 Å². The second kappa shape index (κ2) is 7.25. The fraction of sp³-hybridized carbons (Fsp3) is 0.368. The predicted octanol–water partition coefficient (Wildman–Crippen LogP) is 4.45. The van der Waals surface area contributed by atoms with Gasteiger partial charge in [-0.25, -0.2) is 0 Å². The maximum absolute atomic E-state index is 3.45. The minimum absolute atomic E-state index is 0.384. The molecule has 1 atom stereocenters. The van der Waals surface area contributed by atoms with Crippen LogP contribution in [0.25, 0.3) is 0 Å². The molecule has 2 aromatic rings. The Morgan fingerprint density at radius 1 is 1.00 bits per heavy atom. The molecule has 0 aliphatic carbocycles. The lowest BCUT2D eigenvalue weighted by Gasteiger charge is -2.18. The van der Waals surface area contributed by atoms with Crippen LogP contribution in [0.5, 0.6) is 0 Å². The summed E-state index contributed by atoms with van der Waals surface area (Å²) in [6.07, 6.45) is 3.40. The van der Waals surface area contributed by atoms with E-state index in [-0.39, 0.29) is 0 Å². The molecule has 0 spiro atoms. The van der Waals surface area contributed by atoms with Crippen molar-refractivity contribution in [1.82, 2.24) is 5.32 Å². The van der Waals surface area contributed by atoms with Gasteiger partial charge in [0.1, 0.15) is 0 Å². The Bertz CT molecular complexity index is 528. The van der Waals surface area contributed by atoms with Gasteiger partial charge in [-0.15, -0.1) is 0 Å². The number of hydrogen-bond acceptors (Lipinski definition) is 1. The summed E-state index contributed by atoms with van der Waals surface area (Å²) in [5, 5.41) is 3.45. The van der Waals surface area contributed by atoms with E-state index in [1.807, 2.05) is 7.05 Å². The molecular weight excluding hydrogens is 242 g/mol. The van der Waals surface area contributed by atoms with Gasteiger partial charge in [0.15, 0.2) is 0 Å². The summed E-state index contributed by atoms with van der Waals surface area (Å²) in [6, 6.07) is 18.2. The minimum atomic E-state index is 0.384. The van der Waals surface area contributed by atoms with Gasteiger partial charge in [0, 0.05) is 6.04 Å². The van der Waals surface area contributed by atoms with Crippen LogP contribution in [-0.4, -0.2) is 7.05 Å². The number of hydrogen-bond donors (Lipinski definition) is 1. The molecule has 106 valence electrons. The molecule has 0 saturated heterocycles. The Morgan fingerprint density at radius 2 is 1.75 bits per heavy atom. The van der Waals surface area contributed by atoms with Crippen LogP contribution in [0.3, 0.4) is 0 Å². The summed E-state index contributed by atoms with van der Waals surface area (Å²) < 4.78 is 0. The van der Waals surface area contributed by atoms with Crippen molar-refractivity contribution in [3.05, 3.63) is 70.8 Å². The summed E-state index contributed by atoms with van der Waals surface area (Å²) >= 11 is 0. The molecule has 0 saturated carbocycles. The van der Waals surface area contributed by atoms with E-state index >= 15 is 0 Å². The topological polar surface area (TPSA) is 12.0 Å². The summed E-state index contributed by atoms with van der Waals surface area (Å²) in [5.41, 5.74) is 5.53. The molecule has 0 fully saturated rings. The molecule has 0 bridgehead atoms. The molecule has 1 N–H and O–H groups in total. The second-order valence-corrected chi connectivity index (χ2v) is 5.53. The molecule has 1 nitrogen and oxygen atoms in total. The van der Waals surface area contributed by atoms with Crippen molar-refractivity contribution in [3.63, 3.8) is 0 Å². The smallest absolute Gasteiger partial charge is 0.0358 e. The highest BCUT2D eigenvalue weighted by Crippen LogP contribution is 2.20. The van der Waals surface area contributed by atoms with E-state index in [0.29, 0.717) is 6.04 Å². The van der Waals surface area contributed by atoms with Gasteiger partial charge in [-0.1, -0.05) is 67.4 Å². The van der Waals surface area contributed by atoms with E-state index in [0.717, 1.165) is 12.8 Å². The average molecular weight is 267 g/mol. The van der Waals surface area contributed by atoms with Crippen LogP contribution in [0.1, 0.15) is 41.6 Å². The van der Waals surface area contributed by atoms with Crippen molar-refractivity contribution in [2.75, 3.05) is 7.05 Å². The van der Waals surface area contributed by atoms with Gasteiger partial charge in [-0.2, -0.15) is 0 Å². The van der Waals surface area contributed by atoms with Gasteiger partial charge in [-0.05, 0) is 43.5 Å². The molecule has 0 aliphatic rings. The van der Waals surface area contributed by atoms with Crippen LogP contribution in [0, 0.1) is 6.92 Å². The van der Waals surface area contributed by atoms with Crippen LogP contribution >= 0.6 is 0 Å². The number of rotatable bonds is 6. The third-order valence-electron chi connectivity index (χ3n) is 3.80. The number of aryl methyl sites for hydroxylation is 2. The van der Waals surface area contributed by atoms with E-state index in [1.54, 1.807) is 0 Å². The zero-order valence-electron chi connectivity index (χ0n) is 12.8. The number of likely N-dealkylation sites (N-methyl/N-ethyl adjacent to an activating group) is 1. The molecule has 0 radical (unpaired) electrons. The number of benzene rings is 2. The minimum Gasteiger partial charge on any atom is -0.313 e. The monoisotopic (exact) mass is 267 g/mol. The Labute approximate surface area is 123 Å². The molecule has 0 aromatic heterocycles. The fourth-order valence-corrected chi connectivity index (χ4v) is 2.60. The SMILES string of the molecule is CCCc1cccc(C(Cc2ccc(C)cc2)NC)c1. The second-order valence-electron chi connectivity index (χ2n) is 5.53. The van der Waals surface area contributed by atoms with E-state index in [1.165, 1.54) is 28.7 Å². The van der Waals surface area contributed by atoms with Gasteiger partial charge < -0.3 is 5.32 Å². The van der Waals surface area contributed by atoms with Crippen LogP contribution in [-0.2, 0) is 12.8 Å². The zero-order valence-corrected chi connectivity index (χ0v) is 12.8. The fourth-order valence-electron chi connectivity index (χ4n) is 2.60. The lowest BCUT2D eigenvalue weighted by atomic mass is 9.96. The summed E-state index contributed by atoms with van der Waals surface area (Å²) in [5.74, 6) is 0. The molecule has 2 aromatic carbocycles. The van der Waals surface area contributed by atoms with Crippen molar-refractivity contribution in [2.45, 2.75) is 39.2 Å². The molecule has 1 unspecified atom stereocenters. The maximum atomic E-state index is 3.45. The predicted molar refractivity (Wildman–Crippen MR) is 87.1 cm³/mol. The van der Waals surface area contributed by atoms with Crippen molar-refractivity contribution in [1.29, 1.82) is 0 Å². The third kappa shape index (κ3) is 3.94. The van der Waals surface area contributed by atoms with Crippen LogP contribution < -0.4 is 5.32 Å². The van der Waals surface area contributed by atoms with Gasteiger partial charge >= 0.3 is 0 Å². The van der Waals surface area contributed by atoms with Crippen LogP contribution in [0.15, 0.2) is 48.5 Å². The molecular formula is C19H25N. The Balaban J connectivity index is 2.15. The normalized spacial score (nSPS) is 12.3. The van der Waals surface area contributed by atoms with Crippen LogP contribution in [0.4, 0.5) is 0 Å². The van der Waals surface area contributed by atoms with E-state index in [4.69, 9.17) is 0 Å². The standard InChI is InChI=1S/C19H25N/c1-4-6-16-7-5-8-18(13-16)19(20-3)14-17-11-9-15(2)10-12-17/h5,7-13,19-20H,4,6,14H2,1-3H3. The van der Waals surface area contributed by atoms with Gasteiger partial charge in [0.05, 0.1) is 0 Å². The van der Waals surface area contributed by atoms with Crippen LogP contribution in [0.2, 0.25) is 0 Å². The maximum Gasteiger partial charge on any atom is 0.0358 e. The Kier molecular flexibility index (Phi) is 5.37.